The van der Waals surface area contributed by atoms with E-state index in [-0.39, 0.29) is 17.7 Å². The normalized spacial score (nSPS) is 20.1. The number of carbonyl (C=O) groups excluding carboxylic acids is 2. The standard InChI is InChI=1S/C26H28Cl3N3O3/c27-19-5-4-18(22(29)14-19)8-11-32-25(35)31(16-17-2-1-3-17)24(34)26(32)9-12-30(13-10-26)20-6-7-21(28)23(33)15-20/h4-7,14-15,17,33H,1-3,8-13,16H2. The topological polar surface area (TPSA) is 64.1 Å². The van der Waals surface area contributed by atoms with Crippen LogP contribution in [-0.4, -0.2) is 58.6 Å². The van der Waals surface area contributed by atoms with Gasteiger partial charge in [0.25, 0.3) is 5.91 Å². The maximum atomic E-state index is 13.8. The Labute approximate surface area is 220 Å². The molecule has 1 spiro atoms. The predicted octanol–water partition coefficient (Wildman–Crippen LogP) is 6.00. The highest BCUT2D eigenvalue weighted by Gasteiger charge is 2.58. The molecule has 1 N–H and O–H groups in total. The second-order valence-electron chi connectivity index (χ2n) is 9.79. The van der Waals surface area contributed by atoms with Crippen molar-refractivity contribution < 1.29 is 14.7 Å². The number of halogens is 3. The first-order valence-corrected chi connectivity index (χ1v) is 13.2. The molecule has 35 heavy (non-hydrogen) atoms. The lowest BCUT2D eigenvalue weighted by molar-refractivity contribution is -0.135. The minimum absolute atomic E-state index is 0.0321. The van der Waals surface area contributed by atoms with Gasteiger partial charge >= 0.3 is 6.03 Å². The van der Waals surface area contributed by atoms with Crippen molar-refractivity contribution in [2.24, 2.45) is 5.92 Å². The number of hydrogen-bond acceptors (Lipinski definition) is 4. The van der Waals surface area contributed by atoms with Crippen LogP contribution in [0.5, 0.6) is 5.75 Å². The summed E-state index contributed by atoms with van der Waals surface area (Å²) < 4.78 is 0. The molecule has 3 fully saturated rings. The van der Waals surface area contributed by atoms with E-state index in [0.717, 1.165) is 30.5 Å². The molecule has 5 rings (SSSR count). The maximum Gasteiger partial charge on any atom is 0.327 e. The quantitative estimate of drug-likeness (QED) is 0.460. The lowest BCUT2D eigenvalue weighted by Crippen LogP contribution is -2.57. The number of benzene rings is 2. The molecule has 0 unspecified atom stereocenters. The van der Waals surface area contributed by atoms with Crippen molar-refractivity contribution in [1.29, 1.82) is 0 Å². The Morgan fingerprint density at radius 1 is 0.971 bits per heavy atom. The molecule has 2 aliphatic heterocycles. The smallest absolute Gasteiger partial charge is 0.327 e. The molecule has 1 aliphatic carbocycles. The van der Waals surface area contributed by atoms with Gasteiger partial charge in [-0.05, 0) is 67.9 Å². The molecular weight excluding hydrogens is 509 g/mol. The lowest BCUT2D eigenvalue weighted by Gasteiger charge is -2.43. The van der Waals surface area contributed by atoms with Crippen molar-refractivity contribution in [3.8, 4) is 5.75 Å². The van der Waals surface area contributed by atoms with Crippen molar-refractivity contribution in [2.75, 3.05) is 31.1 Å². The average Bonchev–Trinajstić information content (AvgIpc) is 2.99. The zero-order valence-electron chi connectivity index (χ0n) is 19.4. The molecule has 0 atom stereocenters. The summed E-state index contributed by atoms with van der Waals surface area (Å²) in [4.78, 5) is 32.8. The summed E-state index contributed by atoms with van der Waals surface area (Å²) in [5, 5.41) is 11.5. The number of amides is 3. The minimum Gasteiger partial charge on any atom is -0.506 e. The largest absolute Gasteiger partial charge is 0.506 e. The molecule has 1 saturated carbocycles. The van der Waals surface area contributed by atoms with Crippen LogP contribution >= 0.6 is 34.8 Å². The fraction of sp³-hybridized carbons (Fsp3) is 0.462. The molecule has 2 aromatic rings. The van der Waals surface area contributed by atoms with Crippen LogP contribution in [-0.2, 0) is 11.2 Å². The Morgan fingerprint density at radius 2 is 1.71 bits per heavy atom. The van der Waals surface area contributed by atoms with Crippen LogP contribution in [0.15, 0.2) is 36.4 Å². The highest BCUT2D eigenvalue weighted by Crippen LogP contribution is 2.41. The number of aromatic hydroxyl groups is 1. The van der Waals surface area contributed by atoms with E-state index in [0.29, 0.717) is 66.4 Å². The van der Waals surface area contributed by atoms with Gasteiger partial charge in [-0.3, -0.25) is 9.69 Å². The van der Waals surface area contributed by atoms with E-state index in [2.05, 4.69) is 4.90 Å². The highest BCUT2D eigenvalue weighted by molar-refractivity contribution is 6.35. The number of carbonyl (C=O) groups is 2. The first-order valence-electron chi connectivity index (χ1n) is 12.1. The Kier molecular flexibility index (Phi) is 6.81. The number of urea groups is 1. The number of imide groups is 1. The van der Waals surface area contributed by atoms with Gasteiger partial charge in [0.05, 0.1) is 5.02 Å². The summed E-state index contributed by atoms with van der Waals surface area (Å²) in [6, 6.07) is 10.4. The van der Waals surface area contributed by atoms with E-state index in [4.69, 9.17) is 34.8 Å². The van der Waals surface area contributed by atoms with Crippen molar-refractivity contribution in [2.45, 2.75) is 44.1 Å². The molecule has 2 aromatic carbocycles. The van der Waals surface area contributed by atoms with Crippen LogP contribution in [0.2, 0.25) is 15.1 Å². The van der Waals surface area contributed by atoms with Gasteiger partial charge in [-0.1, -0.05) is 47.3 Å². The van der Waals surface area contributed by atoms with Crippen LogP contribution in [0.25, 0.3) is 0 Å². The average molecular weight is 537 g/mol. The van der Waals surface area contributed by atoms with E-state index >= 15 is 0 Å². The Morgan fingerprint density at radius 3 is 2.34 bits per heavy atom. The van der Waals surface area contributed by atoms with E-state index in [1.165, 1.54) is 4.90 Å². The zero-order chi connectivity index (χ0) is 24.7. The maximum absolute atomic E-state index is 13.8. The van der Waals surface area contributed by atoms with Crippen molar-refractivity contribution in [3.63, 3.8) is 0 Å². The summed E-state index contributed by atoms with van der Waals surface area (Å²) in [6.07, 6.45) is 4.89. The Hall–Kier alpha value is -2.15. The molecular formula is C26H28Cl3N3O3. The van der Waals surface area contributed by atoms with Crippen LogP contribution in [0.3, 0.4) is 0 Å². The number of anilines is 1. The van der Waals surface area contributed by atoms with Crippen LogP contribution in [0.4, 0.5) is 10.5 Å². The van der Waals surface area contributed by atoms with Gasteiger partial charge in [-0.2, -0.15) is 0 Å². The van der Waals surface area contributed by atoms with Crippen molar-refractivity contribution in [1.82, 2.24) is 9.80 Å². The molecule has 9 heteroatoms. The van der Waals surface area contributed by atoms with Gasteiger partial charge in [0.2, 0.25) is 0 Å². The third kappa shape index (κ3) is 4.56. The molecule has 6 nitrogen and oxygen atoms in total. The monoisotopic (exact) mass is 535 g/mol. The summed E-state index contributed by atoms with van der Waals surface area (Å²) in [5.41, 5.74) is 0.896. The number of piperidine rings is 1. The molecule has 2 saturated heterocycles. The van der Waals surface area contributed by atoms with E-state index in [9.17, 15) is 14.7 Å². The molecule has 0 radical (unpaired) electrons. The molecule has 3 amide bonds. The zero-order valence-corrected chi connectivity index (χ0v) is 21.6. The first kappa shape index (κ1) is 24.5. The molecule has 186 valence electrons. The summed E-state index contributed by atoms with van der Waals surface area (Å²) in [5.74, 6) is 0.364. The van der Waals surface area contributed by atoms with E-state index in [1.54, 1.807) is 29.2 Å². The number of rotatable bonds is 6. The van der Waals surface area contributed by atoms with Crippen molar-refractivity contribution >= 4 is 52.4 Å². The lowest BCUT2D eigenvalue weighted by atomic mass is 9.83. The number of hydrogen-bond donors (Lipinski definition) is 1. The fourth-order valence-electron chi connectivity index (χ4n) is 5.46. The van der Waals surface area contributed by atoms with Crippen LogP contribution < -0.4 is 4.90 Å². The third-order valence-electron chi connectivity index (χ3n) is 7.79. The second-order valence-corrected chi connectivity index (χ2v) is 11.0. The molecule has 0 bridgehead atoms. The van der Waals surface area contributed by atoms with E-state index < -0.39 is 5.54 Å². The van der Waals surface area contributed by atoms with Crippen molar-refractivity contribution in [3.05, 3.63) is 57.0 Å². The summed E-state index contributed by atoms with van der Waals surface area (Å²) in [7, 11) is 0. The second kappa shape index (κ2) is 9.72. The van der Waals surface area contributed by atoms with Crippen LogP contribution in [0.1, 0.15) is 37.7 Å². The number of phenolic OH excluding ortho intramolecular Hbond substituents is 1. The fourth-order valence-corrected chi connectivity index (χ4v) is 6.08. The molecule has 2 heterocycles. The Balaban J connectivity index is 1.37. The number of phenols is 1. The van der Waals surface area contributed by atoms with Gasteiger partial charge in [-0.25, -0.2) is 4.79 Å². The summed E-state index contributed by atoms with van der Waals surface area (Å²) >= 11 is 18.4. The number of nitrogens with zero attached hydrogens (tertiary/aromatic N) is 3. The summed E-state index contributed by atoms with van der Waals surface area (Å²) in [6.45, 7) is 2.10. The van der Waals surface area contributed by atoms with Gasteiger partial charge < -0.3 is 14.9 Å². The predicted molar refractivity (Wildman–Crippen MR) is 139 cm³/mol. The first-order chi connectivity index (χ1) is 16.8. The van der Waals surface area contributed by atoms with Gasteiger partial charge in [0.1, 0.15) is 11.3 Å². The van der Waals surface area contributed by atoms with Gasteiger partial charge in [-0.15, -0.1) is 0 Å². The molecule has 0 aromatic heterocycles. The highest BCUT2D eigenvalue weighted by atomic mass is 35.5. The minimum atomic E-state index is -0.856. The molecule has 3 aliphatic rings. The van der Waals surface area contributed by atoms with Crippen LogP contribution in [0, 0.1) is 5.92 Å². The van der Waals surface area contributed by atoms with E-state index in [1.807, 2.05) is 12.1 Å². The SMILES string of the molecule is O=C1N(CC2CCC2)C(=O)C2(CCN(c3ccc(Cl)c(O)c3)CC2)N1CCc1ccc(Cl)cc1Cl. The Bertz CT molecular complexity index is 1150. The van der Waals surface area contributed by atoms with Gasteiger partial charge in [0, 0.05) is 48.0 Å². The van der Waals surface area contributed by atoms with Gasteiger partial charge in [0.15, 0.2) is 0 Å². The third-order valence-corrected chi connectivity index (χ3v) is 8.70.